The molecule has 0 bridgehead atoms. The lowest BCUT2D eigenvalue weighted by molar-refractivity contribution is -0.126. The number of rotatable bonds is 9. The van der Waals surface area contributed by atoms with Gasteiger partial charge in [0, 0.05) is 63.8 Å². The number of anilines is 1. The zero-order valence-corrected chi connectivity index (χ0v) is 25.4. The number of hydrogen-bond acceptors (Lipinski definition) is 9. The Labute approximate surface area is 268 Å². The summed E-state index contributed by atoms with van der Waals surface area (Å²) in [6, 6.07) is 11.3. The Morgan fingerprint density at radius 3 is 2.66 bits per heavy atom. The van der Waals surface area contributed by atoms with Crippen LogP contribution >= 0.6 is 0 Å². The molecule has 1 atom stereocenters. The number of carbonyl (C=O) groups excluding carboxylic acids is 3. The molecule has 14 nitrogen and oxygen atoms in total. The number of hydrogen-bond donors (Lipinski definition) is 5. The van der Waals surface area contributed by atoms with Crippen molar-refractivity contribution < 1.29 is 23.5 Å². The lowest BCUT2D eigenvalue weighted by atomic mass is 10.1. The van der Waals surface area contributed by atoms with Crippen molar-refractivity contribution in [2.24, 2.45) is 0 Å². The summed E-state index contributed by atoms with van der Waals surface area (Å²) in [5, 5.41) is 20.3. The average Bonchev–Trinajstić information content (AvgIpc) is 3.90. The van der Waals surface area contributed by atoms with E-state index in [9.17, 15) is 14.4 Å². The minimum absolute atomic E-state index is 0.0367. The first-order chi connectivity index (χ1) is 23.0. The van der Waals surface area contributed by atoms with Gasteiger partial charge < -0.3 is 30.2 Å². The number of pyridine rings is 1. The molecule has 2 fully saturated rings. The SMILES string of the molecule is O=C(NCCC1CNCCO1)c1cc(-c2ncc(F)c3c(C(=O)C(=O)N4CCN(c5c[nH]nc5-c5ccccc5)CC4)c[nH]c23)n[nH]1. The maximum atomic E-state index is 15.2. The number of carbonyl (C=O) groups is 3. The summed E-state index contributed by atoms with van der Waals surface area (Å²) in [7, 11) is 0. The molecule has 4 aromatic heterocycles. The van der Waals surface area contributed by atoms with Gasteiger partial charge in [-0.3, -0.25) is 24.6 Å². The fourth-order valence-corrected chi connectivity index (χ4v) is 6.03. The van der Waals surface area contributed by atoms with Crippen molar-refractivity contribution >= 4 is 34.2 Å². The van der Waals surface area contributed by atoms with Crippen molar-refractivity contribution in [1.82, 2.24) is 45.9 Å². The van der Waals surface area contributed by atoms with Crippen LogP contribution < -0.4 is 15.5 Å². The van der Waals surface area contributed by atoms with Gasteiger partial charge in [-0.15, -0.1) is 0 Å². The predicted octanol–water partition coefficient (Wildman–Crippen LogP) is 2.12. The Balaban J connectivity index is 1.02. The Bertz CT molecular complexity index is 1900. The van der Waals surface area contributed by atoms with Crippen LogP contribution in [0.15, 0.2) is 55.0 Å². The molecule has 5 aromatic rings. The summed E-state index contributed by atoms with van der Waals surface area (Å²) in [5.74, 6) is -2.66. The van der Waals surface area contributed by atoms with Gasteiger partial charge in [-0.2, -0.15) is 10.2 Å². The molecular formula is C32H33FN10O4. The molecule has 47 heavy (non-hydrogen) atoms. The number of nitrogens with one attached hydrogen (secondary N) is 5. The Kier molecular flexibility index (Phi) is 8.46. The Hall–Kier alpha value is -5.41. The van der Waals surface area contributed by atoms with E-state index >= 15 is 4.39 Å². The van der Waals surface area contributed by atoms with Crippen molar-refractivity contribution in [2.75, 3.05) is 57.3 Å². The molecule has 2 amide bonds. The number of halogens is 1. The summed E-state index contributed by atoms with van der Waals surface area (Å²) in [6.07, 6.45) is 4.82. The molecule has 242 valence electrons. The zero-order valence-electron chi connectivity index (χ0n) is 25.4. The van der Waals surface area contributed by atoms with E-state index < -0.39 is 17.5 Å². The van der Waals surface area contributed by atoms with Gasteiger partial charge in [0.2, 0.25) is 0 Å². The molecule has 6 heterocycles. The average molecular weight is 641 g/mol. The highest BCUT2D eigenvalue weighted by molar-refractivity contribution is 6.45. The van der Waals surface area contributed by atoms with Gasteiger partial charge in [-0.05, 0) is 12.5 Å². The van der Waals surface area contributed by atoms with Crippen molar-refractivity contribution in [3.05, 3.63) is 72.1 Å². The second-order valence-electron chi connectivity index (χ2n) is 11.4. The normalized spacial score (nSPS) is 16.8. The highest BCUT2D eigenvalue weighted by Gasteiger charge is 2.31. The van der Waals surface area contributed by atoms with Crippen LogP contribution in [0.1, 0.15) is 27.3 Å². The molecule has 5 N–H and O–H groups in total. The Morgan fingerprint density at radius 1 is 1.04 bits per heavy atom. The molecule has 0 saturated carbocycles. The molecule has 2 saturated heterocycles. The third-order valence-corrected chi connectivity index (χ3v) is 8.50. The first-order valence-electron chi connectivity index (χ1n) is 15.5. The van der Waals surface area contributed by atoms with E-state index in [0.29, 0.717) is 45.8 Å². The fourth-order valence-electron chi connectivity index (χ4n) is 6.03. The smallest absolute Gasteiger partial charge is 0.295 e. The van der Waals surface area contributed by atoms with Crippen LogP contribution in [-0.4, -0.2) is 111 Å². The van der Waals surface area contributed by atoms with E-state index in [0.717, 1.165) is 36.2 Å². The monoisotopic (exact) mass is 640 g/mol. The summed E-state index contributed by atoms with van der Waals surface area (Å²) in [5.41, 5.74) is 3.50. The van der Waals surface area contributed by atoms with Gasteiger partial charge in [-0.1, -0.05) is 30.3 Å². The van der Waals surface area contributed by atoms with Crippen molar-refractivity contribution in [2.45, 2.75) is 12.5 Å². The lowest BCUT2D eigenvalue weighted by Gasteiger charge is -2.35. The third-order valence-electron chi connectivity index (χ3n) is 8.50. The van der Waals surface area contributed by atoms with Gasteiger partial charge in [0.25, 0.3) is 17.6 Å². The number of H-pyrrole nitrogens is 3. The van der Waals surface area contributed by atoms with Gasteiger partial charge >= 0.3 is 0 Å². The van der Waals surface area contributed by atoms with E-state index in [4.69, 9.17) is 4.74 Å². The van der Waals surface area contributed by atoms with E-state index in [1.165, 1.54) is 17.2 Å². The molecule has 1 unspecified atom stereocenters. The topological polar surface area (TPSA) is 177 Å². The van der Waals surface area contributed by atoms with Crippen LogP contribution in [0.5, 0.6) is 0 Å². The number of aromatic amines is 3. The molecule has 7 rings (SSSR count). The lowest BCUT2D eigenvalue weighted by Crippen LogP contribution is -2.50. The van der Waals surface area contributed by atoms with Crippen molar-refractivity contribution in [1.29, 1.82) is 0 Å². The van der Waals surface area contributed by atoms with Gasteiger partial charge in [0.1, 0.15) is 22.8 Å². The highest BCUT2D eigenvalue weighted by atomic mass is 19.1. The summed E-state index contributed by atoms with van der Waals surface area (Å²) < 4.78 is 20.8. The first-order valence-corrected chi connectivity index (χ1v) is 15.5. The second-order valence-corrected chi connectivity index (χ2v) is 11.4. The molecule has 0 radical (unpaired) electrons. The van der Waals surface area contributed by atoms with Crippen LogP contribution in [0.25, 0.3) is 33.5 Å². The number of nitrogens with zero attached hydrogens (tertiary/aromatic N) is 5. The highest BCUT2D eigenvalue weighted by Crippen LogP contribution is 2.31. The summed E-state index contributed by atoms with van der Waals surface area (Å²) in [4.78, 5) is 50.2. The molecule has 0 aliphatic carbocycles. The maximum Gasteiger partial charge on any atom is 0.295 e. The molecule has 0 spiro atoms. The minimum atomic E-state index is -0.826. The third kappa shape index (κ3) is 6.09. The van der Waals surface area contributed by atoms with Gasteiger partial charge in [0.15, 0.2) is 5.82 Å². The van der Waals surface area contributed by atoms with Crippen molar-refractivity contribution in [3.8, 4) is 22.6 Å². The molecule has 2 aliphatic rings. The predicted molar refractivity (Wildman–Crippen MR) is 170 cm³/mol. The number of ether oxygens (including phenoxy) is 1. The first kappa shape index (κ1) is 30.3. The Morgan fingerprint density at radius 2 is 1.87 bits per heavy atom. The minimum Gasteiger partial charge on any atom is -0.376 e. The molecular weight excluding hydrogens is 607 g/mol. The number of aromatic nitrogens is 6. The number of ketones is 1. The number of piperazine rings is 1. The van der Waals surface area contributed by atoms with E-state index in [1.807, 2.05) is 36.5 Å². The van der Waals surface area contributed by atoms with Gasteiger partial charge in [0.05, 0.1) is 41.1 Å². The summed E-state index contributed by atoms with van der Waals surface area (Å²) >= 11 is 0. The fraction of sp³-hybridized carbons (Fsp3) is 0.312. The van der Waals surface area contributed by atoms with Crippen LogP contribution in [0, 0.1) is 5.82 Å². The standard InChI is InChI=1S/C32H33FN10O4/c33-22-17-37-28(23-14-24(40-39-23)31(45)35-7-6-20-15-34-8-13-47-20)29-26(22)21(16-36-29)30(44)32(46)43-11-9-42(10-12-43)25-18-38-41-27(25)19-4-2-1-3-5-19/h1-5,14,16-18,20,34,36H,6-13,15H2,(H,35,45)(H,38,41)(H,39,40). The zero-order chi connectivity index (χ0) is 32.3. The maximum absolute atomic E-state index is 15.2. The van der Waals surface area contributed by atoms with Crippen LogP contribution in [0.2, 0.25) is 0 Å². The second kappa shape index (κ2) is 13.1. The molecule has 1 aromatic carbocycles. The number of benzene rings is 1. The van der Waals surface area contributed by atoms with Gasteiger partial charge in [-0.25, -0.2) is 9.37 Å². The largest absolute Gasteiger partial charge is 0.376 e. The number of morpholine rings is 1. The molecule has 2 aliphatic heterocycles. The number of Topliss-reactive ketones (excluding diaryl/α,β-unsaturated/α-hetero) is 1. The van der Waals surface area contributed by atoms with Crippen LogP contribution in [0.3, 0.4) is 0 Å². The van der Waals surface area contributed by atoms with E-state index in [1.54, 1.807) is 0 Å². The van der Waals surface area contributed by atoms with Crippen LogP contribution in [-0.2, 0) is 9.53 Å². The summed E-state index contributed by atoms with van der Waals surface area (Å²) in [6.45, 7) is 4.22. The van der Waals surface area contributed by atoms with E-state index in [2.05, 4.69) is 45.9 Å². The number of fused-ring (bicyclic) bond motifs is 1. The molecule has 15 heteroatoms. The van der Waals surface area contributed by atoms with Crippen LogP contribution in [0.4, 0.5) is 10.1 Å². The quantitative estimate of drug-likeness (QED) is 0.119. The van der Waals surface area contributed by atoms with Crippen molar-refractivity contribution in [3.63, 3.8) is 0 Å². The number of amides is 2. The van der Waals surface area contributed by atoms with E-state index in [-0.39, 0.29) is 45.6 Å².